The van der Waals surface area contributed by atoms with Crippen LogP contribution in [-0.2, 0) is 9.63 Å². The lowest BCUT2D eigenvalue weighted by Gasteiger charge is -2.07. The number of carbonyl (C=O) groups excluding carboxylic acids is 1. The number of aldehydes is 1. The molecule has 1 unspecified atom stereocenters. The van der Waals surface area contributed by atoms with Gasteiger partial charge in [0, 0.05) is 6.42 Å². The minimum absolute atomic E-state index is 0.186. The maximum Gasteiger partial charge on any atom is 0.167 e. The number of phenols is 1. The molecule has 0 fully saturated rings. The van der Waals surface area contributed by atoms with E-state index < -0.39 is 0 Å². The van der Waals surface area contributed by atoms with Crippen LogP contribution in [0.4, 0.5) is 0 Å². The molecule has 1 aromatic carbocycles. The van der Waals surface area contributed by atoms with Crippen molar-refractivity contribution in [2.75, 3.05) is 0 Å². The van der Waals surface area contributed by atoms with Crippen LogP contribution in [0, 0.1) is 0 Å². The van der Waals surface area contributed by atoms with E-state index in [0.717, 1.165) is 5.56 Å². The normalized spacial score (nSPS) is 20.0. The molecule has 0 aliphatic carbocycles. The first kappa shape index (κ1) is 8.74. The van der Waals surface area contributed by atoms with Gasteiger partial charge >= 0.3 is 0 Å². The van der Waals surface area contributed by atoms with Crippen LogP contribution >= 0.6 is 0 Å². The third-order valence-corrected chi connectivity index (χ3v) is 2.07. The second kappa shape index (κ2) is 3.49. The summed E-state index contributed by atoms with van der Waals surface area (Å²) in [6.07, 6.45) is 0.901. The molecule has 4 nitrogen and oxygen atoms in total. The number of hydrogen-bond acceptors (Lipinski definition) is 4. The summed E-state index contributed by atoms with van der Waals surface area (Å²) in [6.45, 7) is 0. The highest BCUT2D eigenvalue weighted by molar-refractivity contribution is 6.28. The molecular formula is C10H9NO3. The zero-order valence-corrected chi connectivity index (χ0v) is 7.38. The van der Waals surface area contributed by atoms with E-state index in [1.807, 2.05) is 6.07 Å². The van der Waals surface area contributed by atoms with Gasteiger partial charge in [0.2, 0.25) is 0 Å². The highest BCUT2D eigenvalue weighted by atomic mass is 16.6. The molecule has 14 heavy (non-hydrogen) atoms. The summed E-state index contributed by atoms with van der Waals surface area (Å²) < 4.78 is 0. The third-order valence-electron chi connectivity index (χ3n) is 2.07. The number of hydrogen-bond donors (Lipinski definition) is 1. The van der Waals surface area contributed by atoms with Gasteiger partial charge in [0.1, 0.15) is 11.5 Å². The molecule has 2 rings (SSSR count). The second-order valence-corrected chi connectivity index (χ2v) is 3.09. The van der Waals surface area contributed by atoms with Gasteiger partial charge in [-0.25, -0.2) is 0 Å². The van der Waals surface area contributed by atoms with E-state index >= 15 is 0 Å². The highest BCUT2D eigenvalue weighted by Gasteiger charge is 2.22. The molecule has 4 heteroatoms. The van der Waals surface area contributed by atoms with Crippen LogP contribution in [0.1, 0.15) is 18.1 Å². The molecule has 0 spiro atoms. The Balaban J connectivity index is 2.15. The number of oxime groups is 1. The van der Waals surface area contributed by atoms with Gasteiger partial charge in [-0.15, -0.1) is 0 Å². The zero-order chi connectivity index (χ0) is 9.97. The van der Waals surface area contributed by atoms with Gasteiger partial charge in [0.15, 0.2) is 12.4 Å². The lowest BCUT2D eigenvalue weighted by Crippen LogP contribution is -2.00. The molecular weight excluding hydrogens is 182 g/mol. The Hall–Kier alpha value is -1.84. The molecule has 0 amide bonds. The number of nitrogens with zero attached hydrogens (tertiary/aromatic N) is 1. The number of benzene rings is 1. The fourth-order valence-electron chi connectivity index (χ4n) is 1.37. The van der Waals surface area contributed by atoms with Gasteiger partial charge in [-0.1, -0.05) is 17.3 Å². The molecule has 0 bridgehead atoms. The molecule has 1 heterocycles. The molecule has 1 aromatic rings. The number of aromatic hydroxyl groups is 1. The summed E-state index contributed by atoms with van der Waals surface area (Å²) in [6, 6.07) is 6.74. The van der Waals surface area contributed by atoms with E-state index in [1.54, 1.807) is 18.2 Å². The van der Waals surface area contributed by atoms with Crippen molar-refractivity contribution in [3.05, 3.63) is 29.8 Å². The maximum absolute atomic E-state index is 10.4. The van der Waals surface area contributed by atoms with Gasteiger partial charge in [0.25, 0.3) is 0 Å². The van der Waals surface area contributed by atoms with Crippen molar-refractivity contribution in [1.29, 1.82) is 0 Å². The first-order chi connectivity index (χ1) is 6.79. The summed E-state index contributed by atoms with van der Waals surface area (Å²) in [5.74, 6) is 0.186. The number of phenolic OH excluding ortho intramolecular Hbond substituents is 1. The Morgan fingerprint density at radius 3 is 3.07 bits per heavy atom. The quantitative estimate of drug-likeness (QED) is 0.719. The van der Waals surface area contributed by atoms with Crippen molar-refractivity contribution < 1.29 is 14.7 Å². The first-order valence-corrected chi connectivity index (χ1v) is 4.26. The summed E-state index contributed by atoms with van der Waals surface area (Å²) in [4.78, 5) is 15.4. The lowest BCUT2D eigenvalue weighted by atomic mass is 10.0. The van der Waals surface area contributed by atoms with E-state index in [4.69, 9.17) is 4.84 Å². The zero-order valence-electron chi connectivity index (χ0n) is 7.38. The maximum atomic E-state index is 10.4. The molecule has 0 saturated heterocycles. The average molecular weight is 191 g/mol. The van der Waals surface area contributed by atoms with Crippen molar-refractivity contribution in [3.8, 4) is 5.75 Å². The molecule has 0 radical (unpaired) electrons. The van der Waals surface area contributed by atoms with Gasteiger partial charge in [0.05, 0.1) is 0 Å². The summed E-state index contributed by atoms with van der Waals surface area (Å²) >= 11 is 0. The minimum Gasteiger partial charge on any atom is -0.508 e. The minimum atomic E-state index is -0.248. The Morgan fingerprint density at radius 2 is 2.43 bits per heavy atom. The molecule has 0 saturated carbocycles. The van der Waals surface area contributed by atoms with Crippen LogP contribution in [-0.4, -0.2) is 17.1 Å². The predicted octanol–water partition coefficient (Wildman–Crippen LogP) is 1.41. The molecule has 1 aliphatic rings. The molecule has 0 aromatic heterocycles. The average Bonchev–Trinajstić information content (AvgIpc) is 2.66. The van der Waals surface area contributed by atoms with Gasteiger partial charge in [-0.05, 0) is 17.7 Å². The highest BCUT2D eigenvalue weighted by Crippen LogP contribution is 2.28. The SMILES string of the molecule is O=CC1=NOC(c2cccc(O)c2)C1. The van der Waals surface area contributed by atoms with Crippen molar-refractivity contribution in [2.24, 2.45) is 5.16 Å². The second-order valence-electron chi connectivity index (χ2n) is 3.09. The van der Waals surface area contributed by atoms with Crippen LogP contribution < -0.4 is 0 Å². The van der Waals surface area contributed by atoms with Gasteiger partial charge < -0.3 is 9.94 Å². The molecule has 1 N–H and O–H groups in total. The molecule has 1 atom stereocenters. The molecule has 1 aliphatic heterocycles. The largest absolute Gasteiger partial charge is 0.508 e. The summed E-state index contributed by atoms with van der Waals surface area (Å²) in [5.41, 5.74) is 1.23. The van der Waals surface area contributed by atoms with Crippen LogP contribution in [0.2, 0.25) is 0 Å². The van der Waals surface area contributed by atoms with Gasteiger partial charge in [-0.3, -0.25) is 4.79 Å². The standard InChI is InChI=1S/C10H9NO3/c12-6-8-5-10(14-11-8)7-2-1-3-9(13)4-7/h1-4,6,10,13H,5H2. The van der Waals surface area contributed by atoms with Crippen LogP contribution in [0.15, 0.2) is 29.4 Å². The van der Waals surface area contributed by atoms with Crippen molar-refractivity contribution in [3.63, 3.8) is 0 Å². The van der Waals surface area contributed by atoms with Crippen LogP contribution in [0.3, 0.4) is 0 Å². The first-order valence-electron chi connectivity index (χ1n) is 4.26. The Morgan fingerprint density at radius 1 is 1.57 bits per heavy atom. The molecule has 72 valence electrons. The number of carbonyl (C=O) groups is 1. The lowest BCUT2D eigenvalue weighted by molar-refractivity contribution is -0.102. The van der Waals surface area contributed by atoms with Crippen molar-refractivity contribution in [2.45, 2.75) is 12.5 Å². The monoisotopic (exact) mass is 191 g/mol. The van der Waals surface area contributed by atoms with Crippen LogP contribution in [0.25, 0.3) is 0 Å². The number of rotatable bonds is 2. The van der Waals surface area contributed by atoms with Crippen LogP contribution in [0.5, 0.6) is 5.75 Å². The topological polar surface area (TPSA) is 58.9 Å². The smallest absolute Gasteiger partial charge is 0.167 e. The predicted molar refractivity (Wildman–Crippen MR) is 50.0 cm³/mol. The fourth-order valence-corrected chi connectivity index (χ4v) is 1.37. The summed E-state index contributed by atoms with van der Waals surface area (Å²) in [5, 5.41) is 12.8. The van der Waals surface area contributed by atoms with E-state index in [2.05, 4.69) is 5.16 Å². The van der Waals surface area contributed by atoms with Crippen molar-refractivity contribution in [1.82, 2.24) is 0 Å². The fraction of sp³-hybridized carbons (Fsp3) is 0.200. The Bertz CT molecular complexity index is 387. The van der Waals surface area contributed by atoms with Crippen molar-refractivity contribution >= 4 is 12.0 Å². The Kier molecular flexibility index (Phi) is 2.18. The van der Waals surface area contributed by atoms with E-state index in [9.17, 15) is 9.90 Å². The van der Waals surface area contributed by atoms with E-state index in [1.165, 1.54) is 0 Å². The van der Waals surface area contributed by atoms with E-state index in [-0.39, 0.29) is 11.9 Å². The van der Waals surface area contributed by atoms with E-state index in [0.29, 0.717) is 18.4 Å². The summed E-state index contributed by atoms with van der Waals surface area (Å²) in [7, 11) is 0. The third kappa shape index (κ3) is 1.59. The Labute approximate surface area is 80.8 Å². The van der Waals surface area contributed by atoms with Gasteiger partial charge in [-0.2, -0.15) is 0 Å².